The summed E-state index contributed by atoms with van der Waals surface area (Å²) in [6, 6.07) is 18.8. The number of aromatic nitrogens is 2. The van der Waals surface area contributed by atoms with Gasteiger partial charge in [0.1, 0.15) is 0 Å². The average molecular weight is 402 g/mol. The second-order valence-electron chi connectivity index (χ2n) is 8.41. The number of rotatable bonds is 3. The number of amides is 1. The largest absolute Gasteiger partial charge is 0.379 e. The Bertz CT molecular complexity index is 1000. The lowest BCUT2D eigenvalue weighted by molar-refractivity contribution is -0.122. The van der Waals surface area contributed by atoms with Crippen molar-refractivity contribution in [2.75, 3.05) is 18.4 Å². The molecule has 3 heterocycles. The van der Waals surface area contributed by atoms with Crippen LogP contribution < -0.4 is 10.6 Å². The van der Waals surface area contributed by atoms with Crippen LogP contribution in [0.4, 0.5) is 5.69 Å². The third-order valence-electron chi connectivity index (χ3n) is 6.32. The first kappa shape index (κ1) is 18.9. The number of nitrogens with zero attached hydrogens (tertiary/aromatic N) is 3. The lowest BCUT2D eigenvalue weighted by atomic mass is 9.82. The van der Waals surface area contributed by atoms with Crippen molar-refractivity contribution in [2.24, 2.45) is 0 Å². The van der Waals surface area contributed by atoms with Crippen LogP contribution in [0.15, 0.2) is 67.0 Å². The molecule has 0 bridgehead atoms. The van der Waals surface area contributed by atoms with Crippen molar-refractivity contribution in [2.45, 2.75) is 37.9 Å². The normalized spacial score (nSPS) is 18.7. The highest BCUT2D eigenvalue weighted by Gasteiger charge is 2.37. The lowest BCUT2D eigenvalue weighted by Gasteiger charge is -2.44. The Hall–Kier alpha value is -3.12. The number of anilines is 1. The Labute approximate surface area is 176 Å². The minimum atomic E-state index is -0.166. The van der Waals surface area contributed by atoms with Gasteiger partial charge in [-0.3, -0.25) is 9.69 Å². The molecule has 6 heteroatoms. The minimum Gasteiger partial charge on any atom is -0.379 e. The Kier molecular flexibility index (Phi) is 5.01. The van der Waals surface area contributed by atoms with E-state index in [-0.39, 0.29) is 11.4 Å². The predicted molar refractivity (Wildman–Crippen MR) is 117 cm³/mol. The first-order valence-corrected chi connectivity index (χ1v) is 10.6. The van der Waals surface area contributed by atoms with Crippen molar-refractivity contribution in [3.05, 3.63) is 78.1 Å². The minimum absolute atomic E-state index is 0.139. The molecule has 0 saturated carbocycles. The molecule has 2 aliphatic rings. The van der Waals surface area contributed by atoms with Crippen molar-refractivity contribution in [3.63, 3.8) is 0 Å². The maximum atomic E-state index is 12.4. The summed E-state index contributed by atoms with van der Waals surface area (Å²) in [5, 5.41) is 11.1. The molecule has 1 amide bonds. The molecule has 2 aliphatic heterocycles. The third-order valence-corrected chi connectivity index (χ3v) is 6.32. The van der Waals surface area contributed by atoms with Gasteiger partial charge < -0.3 is 10.6 Å². The van der Waals surface area contributed by atoms with Crippen LogP contribution in [-0.2, 0) is 17.9 Å². The highest BCUT2D eigenvalue weighted by molar-refractivity contribution is 5.79. The van der Waals surface area contributed by atoms with E-state index in [1.165, 1.54) is 5.56 Å². The first-order valence-electron chi connectivity index (χ1n) is 10.6. The van der Waals surface area contributed by atoms with Crippen molar-refractivity contribution < 1.29 is 4.79 Å². The number of likely N-dealkylation sites (tertiary alicyclic amines) is 1. The van der Waals surface area contributed by atoms with Crippen molar-refractivity contribution >= 4 is 11.6 Å². The van der Waals surface area contributed by atoms with E-state index in [1.807, 2.05) is 23.0 Å². The number of para-hydroxylation sites is 1. The van der Waals surface area contributed by atoms with E-state index < -0.39 is 0 Å². The second kappa shape index (κ2) is 7.95. The highest BCUT2D eigenvalue weighted by Crippen LogP contribution is 2.33. The molecule has 154 valence electrons. The average Bonchev–Trinajstić information content (AvgIpc) is 3.29. The van der Waals surface area contributed by atoms with Crippen LogP contribution in [0.1, 0.15) is 30.4 Å². The van der Waals surface area contributed by atoms with Crippen LogP contribution >= 0.6 is 0 Å². The molecule has 0 aliphatic carbocycles. The summed E-state index contributed by atoms with van der Waals surface area (Å²) in [6.45, 7) is 3.48. The van der Waals surface area contributed by atoms with Crippen LogP contribution in [0.2, 0.25) is 0 Å². The van der Waals surface area contributed by atoms with Gasteiger partial charge in [0.25, 0.3) is 0 Å². The summed E-state index contributed by atoms with van der Waals surface area (Å²) in [4.78, 5) is 14.9. The molecular formula is C24H27N5O. The van der Waals surface area contributed by atoms with E-state index in [1.54, 1.807) is 6.20 Å². The molecule has 1 fully saturated rings. The standard InChI is InChI=1S/C24H27N5O/c30-23-16-24(27-22-5-2-1-4-20(22)17-25-23)10-14-28(15-11-24)18-19-6-8-21(9-7-19)29-13-3-12-26-29/h1-9,12-13,27H,10-11,14-18H2,(H,25,30). The number of hydrogen-bond donors (Lipinski definition) is 2. The van der Waals surface area contributed by atoms with Gasteiger partial charge in [-0.2, -0.15) is 5.10 Å². The SMILES string of the molecule is O=C1CC2(CCN(Cc3ccc(-n4cccn4)cc3)CC2)Nc2ccccc2CN1. The maximum absolute atomic E-state index is 12.4. The van der Waals surface area contributed by atoms with Gasteiger partial charge >= 0.3 is 0 Å². The number of nitrogens with one attached hydrogen (secondary N) is 2. The summed E-state index contributed by atoms with van der Waals surface area (Å²) < 4.78 is 1.87. The van der Waals surface area contributed by atoms with E-state index in [2.05, 4.69) is 63.1 Å². The molecule has 3 aromatic rings. The zero-order chi connectivity index (χ0) is 20.4. The predicted octanol–water partition coefficient (Wildman–Crippen LogP) is 3.34. The van der Waals surface area contributed by atoms with Gasteiger partial charge in [-0.1, -0.05) is 30.3 Å². The second-order valence-corrected chi connectivity index (χ2v) is 8.41. The van der Waals surface area contributed by atoms with Gasteiger partial charge in [0, 0.05) is 56.2 Å². The molecular weight excluding hydrogens is 374 g/mol. The molecule has 6 nitrogen and oxygen atoms in total. The molecule has 1 aromatic heterocycles. The third kappa shape index (κ3) is 3.96. The summed E-state index contributed by atoms with van der Waals surface area (Å²) in [5.74, 6) is 0.139. The first-order chi connectivity index (χ1) is 14.7. The number of hydrogen-bond acceptors (Lipinski definition) is 4. The van der Waals surface area contributed by atoms with E-state index in [0.717, 1.165) is 49.4 Å². The Morgan fingerprint density at radius 1 is 1.00 bits per heavy atom. The van der Waals surface area contributed by atoms with Gasteiger partial charge in [0.15, 0.2) is 0 Å². The summed E-state index contributed by atoms with van der Waals surface area (Å²) in [7, 11) is 0. The fourth-order valence-electron chi connectivity index (χ4n) is 4.56. The molecule has 1 saturated heterocycles. The highest BCUT2D eigenvalue weighted by atomic mass is 16.1. The molecule has 30 heavy (non-hydrogen) atoms. The molecule has 2 N–H and O–H groups in total. The van der Waals surface area contributed by atoms with Gasteiger partial charge in [0.05, 0.1) is 5.69 Å². The Morgan fingerprint density at radius 2 is 1.80 bits per heavy atom. The van der Waals surface area contributed by atoms with Gasteiger partial charge in [-0.05, 0) is 48.2 Å². The lowest BCUT2D eigenvalue weighted by Crippen LogP contribution is -2.52. The molecule has 5 rings (SSSR count). The van der Waals surface area contributed by atoms with Crippen molar-refractivity contribution in [1.29, 1.82) is 0 Å². The summed E-state index contributed by atoms with van der Waals surface area (Å²) in [5.41, 5.74) is 4.52. The maximum Gasteiger partial charge on any atom is 0.222 e. The van der Waals surface area contributed by atoms with E-state index >= 15 is 0 Å². The number of benzene rings is 2. The van der Waals surface area contributed by atoms with Crippen LogP contribution in [0.5, 0.6) is 0 Å². The van der Waals surface area contributed by atoms with E-state index in [4.69, 9.17) is 0 Å². The quantitative estimate of drug-likeness (QED) is 0.707. The van der Waals surface area contributed by atoms with Crippen LogP contribution in [-0.4, -0.2) is 39.2 Å². The van der Waals surface area contributed by atoms with Crippen LogP contribution in [0.3, 0.4) is 0 Å². The zero-order valence-corrected chi connectivity index (χ0v) is 17.1. The van der Waals surface area contributed by atoms with Gasteiger partial charge in [-0.15, -0.1) is 0 Å². The molecule has 2 aromatic carbocycles. The van der Waals surface area contributed by atoms with Crippen LogP contribution in [0.25, 0.3) is 5.69 Å². The van der Waals surface area contributed by atoms with Gasteiger partial charge in [-0.25, -0.2) is 4.68 Å². The number of carbonyl (C=O) groups is 1. The topological polar surface area (TPSA) is 62.2 Å². The zero-order valence-electron chi connectivity index (χ0n) is 17.1. The van der Waals surface area contributed by atoms with E-state index in [0.29, 0.717) is 13.0 Å². The number of carbonyl (C=O) groups excluding carboxylic acids is 1. The molecule has 0 atom stereocenters. The Morgan fingerprint density at radius 3 is 2.57 bits per heavy atom. The fourth-order valence-corrected chi connectivity index (χ4v) is 4.56. The number of piperidine rings is 1. The van der Waals surface area contributed by atoms with Crippen molar-refractivity contribution in [1.82, 2.24) is 20.0 Å². The molecule has 0 radical (unpaired) electrons. The fraction of sp³-hybridized carbons (Fsp3) is 0.333. The smallest absolute Gasteiger partial charge is 0.222 e. The molecule has 1 spiro atoms. The summed E-state index contributed by atoms with van der Waals surface area (Å²) in [6.07, 6.45) is 6.20. The van der Waals surface area contributed by atoms with Gasteiger partial charge in [0.2, 0.25) is 5.91 Å². The molecule has 0 unspecified atom stereocenters. The van der Waals surface area contributed by atoms with Crippen molar-refractivity contribution in [3.8, 4) is 5.69 Å². The van der Waals surface area contributed by atoms with Crippen LogP contribution in [0, 0.1) is 0 Å². The van der Waals surface area contributed by atoms with E-state index in [9.17, 15) is 4.79 Å². The monoisotopic (exact) mass is 401 g/mol. The number of fused-ring (bicyclic) bond motifs is 1. The summed E-state index contributed by atoms with van der Waals surface area (Å²) >= 11 is 0. The Balaban J connectivity index is 1.25.